The highest BCUT2D eigenvalue weighted by Crippen LogP contribution is 2.08. The predicted octanol–water partition coefficient (Wildman–Crippen LogP) is 1.33. The Morgan fingerprint density at radius 3 is 3.00 bits per heavy atom. The lowest BCUT2D eigenvalue weighted by molar-refractivity contribution is -0.140. The maximum absolute atomic E-state index is 11.0. The van der Waals surface area contributed by atoms with Gasteiger partial charge in [-0.15, -0.1) is 0 Å². The van der Waals surface area contributed by atoms with Crippen LogP contribution < -0.4 is 5.73 Å². The average molecular weight is 224 g/mol. The second-order valence-electron chi connectivity index (χ2n) is 3.86. The molecule has 16 heavy (non-hydrogen) atoms. The first-order valence-corrected chi connectivity index (χ1v) is 5.63. The number of methoxy groups -OCH3 is 1. The van der Waals surface area contributed by atoms with Crippen molar-refractivity contribution in [3.05, 3.63) is 24.0 Å². The van der Waals surface area contributed by atoms with E-state index in [-0.39, 0.29) is 12.0 Å². The predicted molar refractivity (Wildman–Crippen MR) is 63.0 cm³/mol. The number of aryl methyl sites for hydroxylation is 1. The van der Waals surface area contributed by atoms with Crippen LogP contribution in [-0.2, 0) is 22.5 Å². The van der Waals surface area contributed by atoms with E-state index in [9.17, 15) is 4.79 Å². The van der Waals surface area contributed by atoms with Crippen LogP contribution in [0.25, 0.3) is 0 Å². The summed E-state index contributed by atoms with van der Waals surface area (Å²) in [5, 5.41) is 0. The second kappa shape index (κ2) is 6.33. The molecule has 0 saturated heterocycles. The third kappa shape index (κ3) is 3.70. The number of esters is 1. The summed E-state index contributed by atoms with van der Waals surface area (Å²) in [7, 11) is 1.40. The molecule has 1 aromatic rings. The molecule has 1 heterocycles. The molecule has 1 aromatic heterocycles. The van der Waals surface area contributed by atoms with E-state index in [0.717, 1.165) is 13.0 Å². The highest BCUT2D eigenvalue weighted by atomic mass is 16.5. The Morgan fingerprint density at radius 1 is 1.62 bits per heavy atom. The van der Waals surface area contributed by atoms with E-state index in [1.165, 1.54) is 12.8 Å². The van der Waals surface area contributed by atoms with Gasteiger partial charge < -0.3 is 15.0 Å². The Morgan fingerprint density at radius 2 is 2.38 bits per heavy atom. The van der Waals surface area contributed by atoms with Gasteiger partial charge in [-0.2, -0.15) is 0 Å². The zero-order chi connectivity index (χ0) is 12.0. The summed E-state index contributed by atoms with van der Waals surface area (Å²) in [6.07, 6.45) is 3.91. The quantitative estimate of drug-likeness (QED) is 0.742. The number of hydrogen-bond donors (Lipinski definition) is 1. The first-order valence-electron chi connectivity index (χ1n) is 5.63. The summed E-state index contributed by atoms with van der Waals surface area (Å²) in [6.45, 7) is 3.05. The van der Waals surface area contributed by atoms with Crippen molar-refractivity contribution in [2.75, 3.05) is 7.11 Å². The fourth-order valence-electron chi connectivity index (χ4n) is 1.72. The molecule has 0 fully saturated rings. The highest BCUT2D eigenvalue weighted by molar-refractivity contribution is 5.69. The van der Waals surface area contributed by atoms with Crippen LogP contribution >= 0.6 is 0 Å². The highest BCUT2D eigenvalue weighted by Gasteiger charge is 2.09. The lowest BCUT2D eigenvalue weighted by atomic mass is 10.1. The number of hydrogen-bond acceptors (Lipinski definition) is 3. The largest absolute Gasteiger partial charge is 0.469 e. The van der Waals surface area contributed by atoms with Crippen LogP contribution in [0.4, 0.5) is 0 Å². The van der Waals surface area contributed by atoms with E-state index in [1.54, 1.807) is 0 Å². The standard InChI is InChI=1S/C12H20N2O2/c1-3-14-8-4-5-11(14)9-10(13)6-7-12(15)16-2/h4-5,8,10H,3,6-7,9,13H2,1-2H3. The van der Waals surface area contributed by atoms with Crippen molar-refractivity contribution in [1.82, 2.24) is 4.57 Å². The third-order valence-electron chi connectivity index (χ3n) is 2.68. The molecule has 1 atom stereocenters. The van der Waals surface area contributed by atoms with Crippen molar-refractivity contribution in [3.8, 4) is 0 Å². The lowest BCUT2D eigenvalue weighted by Gasteiger charge is -2.12. The summed E-state index contributed by atoms with van der Waals surface area (Å²) in [4.78, 5) is 11.0. The summed E-state index contributed by atoms with van der Waals surface area (Å²) in [5.41, 5.74) is 7.19. The molecule has 1 rings (SSSR count). The fraction of sp³-hybridized carbons (Fsp3) is 0.583. The third-order valence-corrected chi connectivity index (χ3v) is 2.68. The van der Waals surface area contributed by atoms with Gasteiger partial charge >= 0.3 is 5.97 Å². The number of carbonyl (C=O) groups excluding carboxylic acids is 1. The van der Waals surface area contributed by atoms with Crippen molar-refractivity contribution in [3.63, 3.8) is 0 Å². The van der Waals surface area contributed by atoms with Crippen LogP contribution in [0.1, 0.15) is 25.5 Å². The first-order chi connectivity index (χ1) is 7.67. The Hall–Kier alpha value is -1.29. The van der Waals surface area contributed by atoms with Gasteiger partial charge in [0, 0.05) is 37.3 Å². The number of nitrogens with two attached hydrogens (primary N) is 1. The van der Waals surface area contributed by atoms with Crippen molar-refractivity contribution < 1.29 is 9.53 Å². The van der Waals surface area contributed by atoms with Crippen LogP contribution in [0.5, 0.6) is 0 Å². The number of rotatable bonds is 6. The minimum atomic E-state index is -0.193. The lowest BCUT2D eigenvalue weighted by Crippen LogP contribution is -2.25. The van der Waals surface area contributed by atoms with Crippen molar-refractivity contribution in [1.29, 1.82) is 0 Å². The van der Waals surface area contributed by atoms with Crippen LogP contribution in [0.15, 0.2) is 18.3 Å². The van der Waals surface area contributed by atoms with Crippen molar-refractivity contribution >= 4 is 5.97 Å². The van der Waals surface area contributed by atoms with Gasteiger partial charge in [0.2, 0.25) is 0 Å². The molecule has 2 N–H and O–H groups in total. The van der Waals surface area contributed by atoms with Gasteiger partial charge in [-0.05, 0) is 25.5 Å². The molecule has 0 amide bonds. The van der Waals surface area contributed by atoms with Gasteiger partial charge in [0.05, 0.1) is 7.11 Å². The molecule has 4 nitrogen and oxygen atoms in total. The van der Waals surface area contributed by atoms with Crippen LogP contribution in [0.2, 0.25) is 0 Å². The minimum absolute atomic E-state index is 0.0132. The molecule has 0 bridgehead atoms. The van der Waals surface area contributed by atoms with E-state index < -0.39 is 0 Å². The molecular weight excluding hydrogens is 204 g/mol. The molecule has 0 radical (unpaired) electrons. The molecule has 0 saturated carbocycles. The molecule has 0 spiro atoms. The van der Waals surface area contributed by atoms with E-state index in [2.05, 4.69) is 22.3 Å². The number of ether oxygens (including phenoxy) is 1. The maximum Gasteiger partial charge on any atom is 0.305 e. The summed E-state index contributed by atoms with van der Waals surface area (Å²) < 4.78 is 6.75. The van der Waals surface area contributed by atoms with Crippen molar-refractivity contribution in [2.24, 2.45) is 5.73 Å². The zero-order valence-corrected chi connectivity index (χ0v) is 9.98. The minimum Gasteiger partial charge on any atom is -0.469 e. The monoisotopic (exact) mass is 224 g/mol. The molecule has 4 heteroatoms. The van der Waals surface area contributed by atoms with Gasteiger partial charge in [-0.3, -0.25) is 4.79 Å². The summed E-state index contributed by atoms with van der Waals surface area (Å²) in [5.74, 6) is -0.193. The molecule has 0 aromatic carbocycles. The van der Waals surface area contributed by atoms with E-state index >= 15 is 0 Å². The first kappa shape index (κ1) is 12.8. The number of aromatic nitrogens is 1. The van der Waals surface area contributed by atoms with E-state index in [0.29, 0.717) is 12.8 Å². The van der Waals surface area contributed by atoms with Crippen molar-refractivity contribution in [2.45, 2.75) is 38.8 Å². The Bertz CT molecular complexity index is 334. The summed E-state index contributed by atoms with van der Waals surface area (Å²) >= 11 is 0. The molecule has 1 unspecified atom stereocenters. The van der Waals surface area contributed by atoms with Crippen LogP contribution in [0.3, 0.4) is 0 Å². The van der Waals surface area contributed by atoms with Crippen LogP contribution in [0, 0.1) is 0 Å². The maximum atomic E-state index is 11.0. The Labute approximate surface area is 96.4 Å². The van der Waals surface area contributed by atoms with Gasteiger partial charge in [-0.25, -0.2) is 0 Å². The Kier molecular flexibility index (Phi) is 5.05. The van der Waals surface area contributed by atoms with Gasteiger partial charge in [0.1, 0.15) is 0 Å². The van der Waals surface area contributed by atoms with E-state index in [1.807, 2.05) is 12.3 Å². The zero-order valence-electron chi connectivity index (χ0n) is 9.98. The molecule has 0 aliphatic rings. The van der Waals surface area contributed by atoms with Gasteiger partial charge in [0.25, 0.3) is 0 Å². The molecule has 0 aliphatic heterocycles. The van der Waals surface area contributed by atoms with Gasteiger partial charge in [0.15, 0.2) is 0 Å². The number of nitrogens with zero attached hydrogens (tertiary/aromatic N) is 1. The molecule has 90 valence electrons. The molecule has 0 aliphatic carbocycles. The van der Waals surface area contributed by atoms with Crippen LogP contribution in [-0.4, -0.2) is 23.7 Å². The van der Waals surface area contributed by atoms with E-state index in [4.69, 9.17) is 5.73 Å². The molecular formula is C12H20N2O2. The number of carbonyl (C=O) groups is 1. The van der Waals surface area contributed by atoms with Gasteiger partial charge in [-0.1, -0.05) is 0 Å². The SMILES string of the molecule is CCn1cccc1CC(N)CCC(=O)OC. The second-order valence-corrected chi connectivity index (χ2v) is 3.86. The Balaban J connectivity index is 2.39. The topological polar surface area (TPSA) is 57.2 Å². The smallest absolute Gasteiger partial charge is 0.305 e. The summed E-state index contributed by atoms with van der Waals surface area (Å²) in [6, 6.07) is 4.10. The normalized spacial score (nSPS) is 12.4. The average Bonchev–Trinajstić information content (AvgIpc) is 2.73. The fourth-order valence-corrected chi connectivity index (χ4v) is 1.72.